The van der Waals surface area contributed by atoms with Gasteiger partial charge in [0.05, 0.1) is 19.8 Å². The minimum Gasteiger partial charge on any atom is -0.493 e. The van der Waals surface area contributed by atoms with Crippen molar-refractivity contribution in [2.45, 2.75) is 27.3 Å². The van der Waals surface area contributed by atoms with Gasteiger partial charge in [0, 0.05) is 12.0 Å². The summed E-state index contributed by atoms with van der Waals surface area (Å²) in [7, 11) is 2.98. The van der Waals surface area contributed by atoms with E-state index in [2.05, 4.69) is 5.32 Å². The number of amides is 1. The van der Waals surface area contributed by atoms with Crippen molar-refractivity contribution in [3.8, 4) is 11.5 Å². The van der Waals surface area contributed by atoms with E-state index in [9.17, 15) is 9.59 Å². The van der Waals surface area contributed by atoms with Crippen LogP contribution in [0.3, 0.4) is 0 Å². The molecule has 110 valence electrons. The molecule has 0 saturated heterocycles. The lowest BCUT2D eigenvalue weighted by atomic mass is 9.95. The molecule has 0 atom stereocenters. The first-order valence-corrected chi connectivity index (χ1v) is 6.32. The van der Waals surface area contributed by atoms with Crippen LogP contribution >= 0.6 is 0 Å². The Morgan fingerprint density at radius 3 is 2.35 bits per heavy atom. The van der Waals surface area contributed by atoms with Gasteiger partial charge in [-0.15, -0.1) is 0 Å². The van der Waals surface area contributed by atoms with Gasteiger partial charge in [-0.25, -0.2) is 0 Å². The molecule has 0 heterocycles. The Morgan fingerprint density at radius 1 is 1.25 bits per heavy atom. The van der Waals surface area contributed by atoms with Gasteiger partial charge < -0.3 is 14.8 Å². The maximum atomic E-state index is 11.9. The molecule has 0 aliphatic carbocycles. The topological polar surface area (TPSA) is 64.6 Å². The average Bonchev–Trinajstić information content (AvgIpc) is 2.42. The van der Waals surface area contributed by atoms with E-state index in [1.54, 1.807) is 12.1 Å². The Bertz CT molecular complexity index is 503. The highest BCUT2D eigenvalue weighted by Crippen LogP contribution is 2.32. The summed E-state index contributed by atoms with van der Waals surface area (Å²) in [5.74, 6) is 0.787. The lowest BCUT2D eigenvalue weighted by molar-refractivity contribution is -0.128. The predicted molar refractivity (Wildman–Crippen MR) is 76.2 cm³/mol. The number of aldehydes is 1. The smallest absolute Gasteiger partial charge is 0.225 e. The molecule has 0 aliphatic rings. The highest BCUT2D eigenvalue weighted by molar-refractivity contribution is 5.85. The van der Waals surface area contributed by atoms with Gasteiger partial charge >= 0.3 is 0 Å². The maximum Gasteiger partial charge on any atom is 0.225 e. The van der Waals surface area contributed by atoms with E-state index in [1.807, 2.05) is 20.8 Å². The van der Waals surface area contributed by atoms with Gasteiger partial charge in [0.15, 0.2) is 17.8 Å². The monoisotopic (exact) mass is 279 g/mol. The van der Waals surface area contributed by atoms with Gasteiger partial charge in [-0.3, -0.25) is 9.59 Å². The second-order valence-electron chi connectivity index (χ2n) is 5.42. The van der Waals surface area contributed by atoms with E-state index >= 15 is 0 Å². The molecular weight excluding hydrogens is 258 g/mol. The molecule has 1 rings (SSSR count). The number of benzene rings is 1. The molecule has 1 aromatic rings. The van der Waals surface area contributed by atoms with Crippen molar-refractivity contribution in [2.75, 3.05) is 14.2 Å². The van der Waals surface area contributed by atoms with Crippen molar-refractivity contribution in [2.24, 2.45) is 5.41 Å². The molecule has 1 amide bonds. The maximum absolute atomic E-state index is 11.9. The third-order valence-electron chi connectivity index (χ3n) is 2.91. The molecule has 0 spiro atoms. The Labute approximate surface area is 119 Å². The van der Waals surface area contributed by atoms with Crippen molar-refractivity contribution in [3.05, 3.63) is 23.3 Å². The molecule has 5 nitrogen and oxygen atoms in total. The minimum absolute atomic E-state index is 0.0795. The highest BCUT2D eigenvalue weighted by Gasteiger charge is 2.21. The molecule has 0 radical (unpaired) electrons. The molecule has 20 heavy (non-hydrogen) atoms. The molecule has 0 unspecified atom stereocenters. The molecule has 1 aromatic carbocycles. The van der Waals surface area contributed by atoms with E-state index in [1.165, 1.54) is 14.2 Å². The molecule has 0 aromatic heterocycles. The summed E-state index contributed by atoms with van der Waals surface area (Å²) < 4.78 is 10.3. The third-order valence-corrected chi connectivity index (χ3v) is 2.91. The average molecular weight is 279 g/mol. The Morgan fingerprint density at radius 2 is 1.90 bits per heavy atom. The van der Waals surface area contributed by atoms with Crippen LogP contribution in [0.1, 0.15) is 36.7 Å². The first kappa shape index (κ1) is 16.0. The number of rotatable bonds is 5. The minimum atomic E-state index is -0.474. The number of nitrogens with one attached hydrogen (secondary N) is 1. The number of carbonyl (C=O) groups is 2. The summed E-state index contributed by atoms with van der Waals surface area (Å²) in [4.78, 5) is 23.1. The van der Waals surface area contributed by atoms with Crippen molar-refractivity contribution >= 4 is 12.2 Å². The van der Waals surface area contributed by atoms with Crippen molar-refractivity contribution < 1.29 is 19.1 Å². The Hall–Kier alpha value is -2.04. The summed E-state index contributed by atoms with van der Waals surface area (Å²) in [5.41, 5.74) is 0.606. The van der Waals surface area contributed by atoms with Crippen LogP contribution in [0.5, 0.6) is 11.5 Å². The molecule has 1 N–H and O–H groups in total. The van der Waals surface area contributed by atoms with Gasteiger partial charge in [0.2, 0.25) is 5.91 Å². The van der Waals surface area contributed by atoms with Crippen molar-refractivity contribution in [3.63, 3.8) is 0 Å². The van der Waals surface area contributed by atoms with Crippen LogP contribution in [0.15, 0.2) is 12.1 Å². The van der Waals surface area contributed by atoms with Crippen LogP contribution in [0, 0.1) is 5.41 Å². The van der Waals surface area contributed by atoms with Crippen LogP contribution in [0.4, 0.5) is 0 Å². The SMILES string of the molecule is COc1ccc(CNC(=O)C(C)(C)C)c(C=O)c1OC. The van der Waals surface area contributed by atoms with Gasteiger partial charge in [0.1, 0.15) is 0 Å². The van der Waals surface area contributed by atoms with Crippen LogP contribution in [-0.2, 0) is 11.3 Å². The summed E-state index contributed by atoms with van der Waals surface area (Å²) >= 11 is 0. The molecule has 0 fully saturated rings. The summed E-state index contributed by atoms with van der Waals surface area (Å²) in [6, 6.07) is 3.46. The largest absolute Gasteiger partial charge is 0.493 e. The van der Waals surface area contributed by atoms with Gasteiger partial charge in [-0.1, -0.05) is 26.8 Å². The zero-order valence-corrected chi connectivity index (χ0v) is 12.6. The predicted octanol–water partition coefficient (Wildman–Crippen LogP) is 2.18. The van der Waals surface area contributed by atoms with Crippen LogP contribution in [-0.4, -0.2) is 26.4 Å². The van der Waals surface area contributed by atoms with Crippen LogP contribution in [0.2, 0.25) is 0 Å². The van der Waals surface area contributed by atoms with Crippen molar-refractivity contribution in [1.82, 2.24) is 5.32 Å². The number of ether oxygens (including phenoxy) is 2. The van der Waals surface area contributed by atoms with Crippen LogP contribution < -0.4 is 14.8 Å². The number of hydrogen-bond donors (Lipinski definition) is 1. The first-order chi connectivity index (χ1) is 9.35. The van der Waals surface area contributed by atoms with Gasteiger partial charge in [-0.05, 0) is 11.6 Å². The van der Waals surface area contributed by atoms with Crippen molar-refractivity contribution in [1.29, 1.82) is 0 Å². The number of methoxy groups -OCH3 is 2. The normalized spacial score (nSPS) is 10.8. The molecule has 0 bridgehead atoms. The fourth-order valence-electron chi connectivity index (χ4n) is 1.72. The molecular formula is C15H21NO4. The van der Waals surface area contributed by atoms with Gasteiger partial charge in [-0.2, -0.15) is 0 Å². The quantitative estimate of drug-likeness (QED) is 0.839. The summed E-state index contributed by atoms with van der Waals surface area (Å²) in [6.45, 7) is 5.76. The Kier molecular flexibility index (Phi) is 5.13. The number of carbonyl (C=O) groups excluding carboxylic acids is 2. The van der Waals surface area contributed by atoms with Crippen LogP contribution in [0.25, 0.3) is 0 Å². The van der Waals surface area contributed by atoms with E-state index < -0.39 is 5.41 Å². The molecule has 5 heteroatoms. The second-order valence-corrected chi connectivity index (χ2v) is 5.42. The van der Waals surface area contributed by atoms with E-state index in [4.69, 9.17) is 9.47 Å². The van der Waals surface area contributed by atoms with E-state index in [-0.39, 0.29) is 12.5 Å². The van der Waals surface area contributed by atoms with E-state index in [0.29, 0.717) is 28.9 Å². The summed E-state index contributed by atoms with van der Waals surface area (Å²) in [6.07, 6.45) is 0.708. The number of hydrogen-bond acceptors (Lipinski definition) is 4. The third kappa shape index (κ3) is 3.50. The first-order valence-electron chi connectivity index (χ1n) is 6.32. The second kappa shape index (κ2) is 6.41. The fourth-order valence-corrected chi connectivity index (χ4v) is 1.72. The lowest BCUT2D eigenvalue weighted by Crippen LogP contribution is -2.34. The standard InChI is InChI=1S/C15H21NO4/c1-15(2,3)14(18)16-8-10-6-7-12(19-4)13(20-5)11(10)9-17/h6-7,9H,8H2,1-5H3,(H,16,18). The summed E-state index contributed by atoms with van der Waals surface area (Å²) in [5, 5.41) is 2.81. The zero-order chi connectivity index (χ0) is 15.3. The Balaban J connectivity index is 3.02. The lowest BCUT2D eigenvalue weighted by Gasteiger charge is -2.19. The zero-order valence-electron chi connectivity index (χ0n) is 12.6. The molecule has 0 saturated carbocycles. The van der Waals surface area contributed by atoms with Gasteiger partial charge in [0.25, 0.3) is 0 Å². The molecule has 0 aliphatic heterocycles. The van der Waals surface area contributed by atoms with E-state index in [0.717, 1.165) is 0 Å². The highest BCUT2D eigenvalue weighted by atomic mass is 16.5. The fraction of sp³-hybridized carbons (Fsp3) is 0.467.